The Morgan fingerprint density at radius 3 is 1.21 bits per heavy atom. The third-order valence-corrected chi connectivity index (χ3v) is 6.88. The van der Waals surface area contributed by atoms with Gasteiger partial charge in [-0.1, -0.05) is 65.2 Å². The molecule has 0 aliphatic rings. The lowest BCUT2D eigenvalue weighted by Gasteiger charge is -2.32. The van der Waals surface area contributed by atoms with Crippen LogP contribution in [0.5, 0.6) is 0 Å². The highest BCUT2D eigenvalue weighted by atomic mass is 16.3. The van der Waals surface area contributed by atoms with Crippen LogP contribution in [0.1, 0.15) is 90.9 Å². The molecule has 0 fully saturated rings. The summed E-state index contributed by atoms with van der Waals surface area (Å²) >= 11 is 0. The van der Waals surface area contributed by atoms with Crippen molar-refractivity contribution in [2.75, 3.05) is 80.5 Å². The molecule has 0 aliphatic carbocycles. The van der Waals surface area contributed by atoms with Crippen LogP contribution in [-0.4, -0.2) is 112 Å². The van der Waals surface area contributed by atoms with E-state index in [2.05, 4.69) is 52.7 Å². The average Bonchev–Trinajstić information content (AvgIpc) is 2.74. The van der Waals surface area contributed by atoms with Gasteiger partial charge in [0, 0.05) is 26.2 Å². The number of unbranched alkanes of at least 4 members (excludes halogenated alkanes) is 10. The highest BCUT2D eigenvalue weighted by Gasteiger charge is 2.21. The van der Waals surface area contributed by atoms with Gasteiger partial charge in [0.25, 0.3) is 0 Å². The molecule has 2 atom stereocenters. The molecule has 0 aliphatic heterocycles. The predicted octanol–water partition coefficient (Wildman–Crippen LogP) is 3.76. The number of nitrogens with one attached hydrogen (secondary N) is 2. The molecule has 6 heteroatoms. The molecule has 0 saturated heterocycles. The van der Waals surface area contributed by atoms with Crippen molar-refractivity contribution in [1.82, 2.24) is 10.6 Å². The summed E-state index contributed by atoms with van der Waals surface area (Å²) in [6.07, 6.45) is 15.2. The van der Waals surface area contributed by atoms with Gasteiger partial charge in [-0.15, -0.1) is 0 Å². The summed E-state index contributed by atoms with van der Waals surface area (Å²) in [5.74, 6) is 0. The van der Waals surface area contributed by atoms with Crippen molar-refractivity contribution in [1.29, 1.82) is 0 Å². The molecular formula is C28H64N4O2+2. The summed E-state index contributed by atoms with van der Waals surface area (Å²) in [7, 11) is 8.91. The van der Waals surface area contributed by atoms with Crippen LogP contribution in [0.4, 0.5) is 0 Å². The normalized spacial score (nSPS) is 14.5. The van der Waals surface area contributed by atoms with Gasteiger partial charge in [-0.2, -0.15) is 0 Å². The zero-order valence-electron chi connectivity index (χ0n) is 24.1. The summed E-state index contributed by atoms with van der Waals surface area (Å²) in [5.41, 5.74) is 0. The number of hydrogen-bond acceptors (Lipinski definition) is 4. The zero-order chi connectivity index (χ0) is 25.7. The standard InChI is InChI=1S/C28H64N4O2/c1-7-9-11-13-15-17-21-31(3,4)25-27(33)23-29-19-20-30-24-28(34)26-32(5,6)22-18-16-14-12-10-8-2/h27-30,33-34H,7-26H2,1-6H3/q+2. The van der Waals surface area contributed by atoms with Gasteiger partial charge in [0.05, 0.1) is 41.3 Å². The van der Waals surface area contributed by atoms with Gasteiger partial charge in [0.15, 0.2) is 0 Å². The van der Waals surface area contributed by atoms with Gasteiger partial charge < -0.3 is 29.8 Å². The maximum atomic E-state index is 10.4. The number of nitrogens with zero attached hydrogens (tertiary/aromatic N) is 2. The lowest BCUT2D eigenvalue weighted by atomic mass is 10.1. The summed E-state index contributed by atoms with van der Waals surface area (Å²) in [5, 5.41) is 27.6. The molecule has 2 unspecified atom stereocenters. The summed E-state index contributed by atoms with van der Waals surface area (Å²) in [6.45, 7) is 11.2. The van der Waals surface area contributed by atoms with Crippen molar-refractivity contribution in [3.05, 3.63) is 0 Å². The van der Waals surface area contributed by atoms with Crippen LogP contribution in [0.15, 0.2) is 0 Å². The molecule has 34 heavy (non-hydrogen) atoms. The van der Waals surface area contributed by atoms with E-state index in [9.17, 15) is 10.2 Å². The van der Waals surface area contributed by atoms with E-state index in [0.717, 1.165) is 48.2 Å². The molecule has 6 nitrogen and oxygen atoms in total. The molecule has 0 heterocycles. The van der Waals surface area contributed by atoms with Crippen LogP contribution >= 0.6 is 0 Å². The van der Waals surface area contributed by atoms with Crippen LogP contribution in [0.2, 0.25) is 0 Å². The number of aliphatic hydroxyl groups excluding tert-OH is 2. The molecule has 206 valence electrons. The van der Waals surface area contributed by atoms with Crippen LogP contribution in [0.25, 0.3) is 0 Å². The Hall–Kier alpha value is -0.240. The Morgan fingerprint density at radius 2 is 0.853 bits per heavy atom. The molecular weight excluding hydrogens is 424 g/mol. The Kier molecular flexibility index (Phi) is 20.8. The molecule has 0 aromatic heterocycles. The Balaban J connectivity index is 3.76. The van der Waals surface area contributed by atoms with Gasteiger partial charge in [-0.25, -0.2) is 0 Å². The number of quaternary nitrogens is 2. The monoisotopic (exact) mass is 489 g/mol. The zero-order valence-corrected chi connectivity index (χ0v) is 24.1. The smallest absolute Gasteiger partial charge is 0.115 e. The van der Waals surface area contributed by atoms with Crippen LogP contribution in [0, 0.1) is 0 Å². The molecule has 0 aromatic rings. The molecule has 0 aromatic carbocycles. The van der Waals surface area contributed by atoms with Gasteiger partial charge in [0.2, 0.25) is 0 Å². The van der Waals surface area contributed by atoms with Crippen LogP contribution in [0.3, 0.4) is 0 Å². The van der Waals surface area contributed by atoms with Crippen molar-refractivity contribution in [3.8, 4) is 0 Å². The topological polar surface area (TPSA) is 64.5 Å². The second kappa shape index (κ2) is 20.9. The maximum absolute atomic E-state index is 10.4. The fourth-order valence-corrected chi connectivity index (χ4v) is 4.81. The predicted molar refractivity (Wildman–Crippen MR) is 148 cm³/mol. The number of aliphatic hydroxyl groups is 2. The third kappa shape index (κ3) is 22.2. The minimum absolute atomic E-state index is 0.319. The van der Waals surface area contributed by atoms with E-state index in [0.29, 0.717) is 13.1 Å². The van der Waals surface area contributed by atoms with Gasteiger partial charge in [-0.05, 0) is 25.7 Å². The number of rotatable bonds is 25. The first-order valence-electron chi connectivity index (χ1n) is 14.5. The van der Waals surface area contributed by atoms with E-state index < -0.39 is 0 Å². The first kappa shape index (κ1) is 33.8. The average molecular weight is 489 g/mol. The van der Waals surface area contributed by atoms with Gasteiger partial charge in [0.1, 0.15) is 25.3 Å². The van der Waals surface area contributed by atoms with Gasteiger partial charge in [-0.3, -0.25) is 0 Å². The van der Waals surface area contributed by atoms with Crippen molar-refractivity contribution in [2.24, 2.45) is 0 Å². The highest BCUT2D eigenvalue weighted by molar-refractivity contribution is 4.63. The Labute approximate surface area is 213 Å². The Morgan fingerprint density at radius 1 is 0.529 bits per heavy atom. The van der Waals surface area contributed by atoms with Crippen molar-refractivity contribution in [3.63, 3.8) is 0 Å². The third-order valence-electron chi connectivity index (χ3n) is 6.88. The van der Waals surface area contributed by atoms with E-state index in [1.165, 1.54) is 77.0 Å². The molecule has 0 rings (SSSR count). The van der Waals surface area contributed by atoms with Crippen molar-refractivity contribution in [2.45, 2.75) is 103 Å². The van der Waals surface area contributed by atoms with Crippen molar-refractivity contribution >= 4 is 0 Å². The quantitative estimate of drug-likeness (QED) is 0.117. The first-order valence-corrected chi connectivity index (χ1v) is 14.5. The number of hydrogen-bond donors (Lipinski definition) is 4. The summed E-state index contributed by atoms with van der Waals surface area (Å²) in [4.78, 5) is 0. The first-order chi connectivity index (χ1) is 16.1. The fourth-order valence-electron chi connectivity index (χ4n) is 4.81. The molecule has 0 amide bonds. The van der Waals surface area contributed by atoms with E-state index in [1.54, 1.807) is 0 Å². The lowest BCUT2D eigenvalue weighted by Crippen LogP contribution is -2.49. The molecule has 0 radical (unpaired) electrons. The molecule has 4 N–H and O–H groups in total. The summed E-state index contributed by atoms with van der Waals surface area (Å²) < 4.78 is 1.77. The maximum Gasteiger partial charge on any atom is 0.115 e. The second-order valence-corrected chi connectivity index (χ2v) is 11.9. The van der Waals surface area contributed by atoms with E-state index in [-0.39, 0.29) is 12.2 Å². The fraction of sp³-hybridized carbons (Fsp3) is 1.00. The molecule has 0 saturated carbocycles. The number of likely N-dealkylation sites (N-methyl/N-ethyl adjacent to an activating group) is 2. The second-order valence-electron chi connectivity index (χ2n) is 11.9. The van der Waals surface area contributed by atoms with E-state index >= 15 is 0 Å². The van der Waals surface area contributed by atoms with E-state index in [1.807, 2.05) is 0 Å². The SMILES string of the molecule is CCCCCCCC[N+](C)(C)CC(O)CNCCNCC(O)C[N+](C)(C)CCCCCCCC. The van der Waals surface area contributed by atoms with Crippen LogP contribution in [-0.2, 0) is 0 Å². The summed E-state index contributed by atoms with van der Waals surface area (Å²) in [6, 6.07) is 0. The minimum atomic E-state index is -0.319. The molecule has 0 bridgehead atoms. The molecule has 0 spiro atoms. The highest BCUT2D eigenvalue weighted by Crippen LogP contribution is 2.10. The lowest BCUT2D eigenvalue weighted by molar-refractivity contribution is -0.893. The largest absolute Gasteiger partial charge is 0.386 e. The Bertz CT molecular complexity index is 406. The van der Waals surface area contributed by atoms with E-state index in [4.69, 9.17) is 0 Å². The van der Waals surface area contributed by atoms with Crippen molar-refractivity contribution < 1.29 is 19.2 Å². The van der Waals surface area contributed by atoms with Crippen LogP contribution < -0.4 is 10.6 Å². The minimum Gasteiger partial charge on any atom is -0.386 e. The van der Waals surface area contributed by atoms with Gasteiger partial charge >= 0.3 is 0 Å².